The molecule has 1 amide bonds. The summed E-state index contributed by atoms with van der Waals surface area (Å²) in [4.78, 5) is 16.8. The number of aryl methyl sites for hydroxylation is 3. The van der Waals surface area contributed by atoms with Gasteiger partial charge in [-0.1, -0.05) is 6.92 Å². The zero-order valence-corrected chi connectivity index (χ0v) is 15.0. The lowest BCUT2D eigenvalue weighted by atomic mass is 9.97. The summed E-state index contributed by atoms with van der Waals surface area (Å²) < 4.78 is 16.6. The second kappa shape index (κ2) is 6.67. The van der Waals surface area contributed by atoms with Crippen LogP contribution in [0.25, 0.3) is 16.9 Å². The first-order valence-electron chi connectivity index (χ1n) is 8.52. The van der Waals surface area contributed by atoms with E-state index in [1.165, 1.54) is 6.07 Å². The highest BCUT2D eigenvalue weighted by atomic mass is 19.1. The Kier molecular flexibility index (Phi) is 4.57. The summed E-state index contributed by atoms with van der Waals surface area (Å²) in [6, 6.07) is 7.10. The number of carbonyl (C=O) groups is 1. The third-order valence-corrected chi connectivity index (χ3v) is 4.43. The maximum absolute atomic E-state index is 14.6. The lowest BCUT2D eigenvalue weighted by Crippen LogP contribution is -2.24. The van der Waals surface area contributed by atoms with Crippen LogP contribution in [0.3, 0.4) is 0 Å². The highest BCUT2D eigenvalue weighted by Gasteiger charge is 2.19. The fraction of sp³-hybridized carbons (Fsp3) is 0.300. The molecule has 130 valence electrons. The van der Waals surface area contributed by atoms with Crippen molar-refractivity contribution < 1.29 is 9.18 Å². The van der Waals surface area contributed by atoms with Crippen LogP contribution in [0.5, 0.6) is 0 Å². The molecule has 0 atom stereocenters. The van der Waals surface area contributed by atoms with Gasteiger partial charge in [0.2, 0.25) is 0 Å². The molecule has 0 saturated carbocycles. The second-order valence-electron chi connectivity index (χ2n) is 6.18. The minimum atomic E-state index is -0.522. The van der Waals surface area contributed by atoms with Gasteiger partial charge in [-0.25, -0.2) is 9.37 Å². The molecule has 3 rings (SSSR count). The number of pyridine rings is 1. The van der Waals surface area contributed by atoms with Crippen LogP contribution in [0.4, 0.5) is 4.39 Å². The van der Waals surface area contributed by atoms with E-state index in [2.05, 4.69) is 5.32 Å². The van der Waals surface area contributed by atoms with Gasteiger partial charge in [0.15, 0.2) is 0 Å². The van der Waals surface area contributed by atoms with Crippen molar-refractivity contribution in [2.45, 2.75) is 34.1 Å². The van der Waals surface area contributed by atoms with E-state index in [1.807, 2.05) is 50.4 Å². The van der Waals surface area contributed by atoms with Crippen LogP contribution in [0, 0.1) is 19.7 Å². The summed E-state index contributed by atoms with van der Waals surface area (Å²) in [5, 5.41) is 2.65. The number of carbonyl (C=O) groups excluding carboxylic acids is 1. The third kappa shape index (κ3) is 3.02. The number of halogens is 1. The molecule has 0 bridgehead atoms. The highest BCUT2D eigenvalue weighted by molar-refractivity contribution is 5.95. The van der Waals surface area contributed by atoms with E-state index in [1.54, 1.807) is 6.07 Å². The summed E-state index contributed by atoms with van der Waals surface area (Å²) in [5.41, 5.74) is 5.40. The van der Waals surface area contributed by atoms with Crippen LogP contribution in [-0.4, -0.2) is 21.8 Å². The largest absolute Gasteiger partial charge is 0.352 e. The maximum atomic E-state index is 14.6. The molecule has 4 nitrogen and oxygen atoms in total. The van der Waals surface area contributed by atoms with Gasteiger partial charge >= 0.3 is 0 Å². The number of aromatic nitrogens is 2. The molecule has 1 aromatic carbocycles. The Hall–Kier alpha value is -2.69. The molecule has 0 saturated heterocycles. The summed E-state index contributed by atoms with van der Waals surface area (Å²) in [5.74, 6) is -0.908. The lowest BCUT2D eigenvalue weighted by Gasteiger charge is -2.11. The third-order valence-electron chi connectivity index (χ3n) is 4.43. The Balaban J connectivity index is 2.19. The first-order valence-corrected chi connectivity index (χ1v) is 8.52. The van der Waals surface area contributed by atoms with E-state index < -0.39 is 5.82 Å². The number of fused-ring (bicyclic) bond motifs is 1. The number of amides is 1. The minimum Gasteiger partial charge on any atom is -0.352 e. The molecule has 5 heteroatoms. The van der Waals surface area contributed by atoms with Crippen molar-refractivity contribution in [1.29, 1.82) is 0 Å². The van der Waals surface area contributed by atoms with Gasteiger partial charge in [-0.3, -0.25) is 4.79 Å². The van der Waals surface area contributed by atoms with E-state index in [0.29, 0.717) is 13.0 Å². The van der Waals surface area contributed by atoms with E-state index in [4.69, 9.17) is 4.98 Å². The normalized spacial score (nSPS) is 11.1. The number of rotatable bonds is 4. The number of hydrogen-bond acceptors (Lipinski definition) is 2. The molecule has 0 unspecified atom stereocenters. The van der Waals surface area contributed by atoms with Gasteiger partial charge in [0.25, 0.3) is 5.91 Å². The predicted octanol–water partition coefficient (Wildman–Crippen LogP) is 4.07. The van der Waals surface area contributed by atoms with Crippen LogP contribution < -0.4 is 5.32 Å². The van der Waals surface area contributed by atoms with E-state index in [9.17, 15) is 9.18 Å². The molecule has 2 aromatic heterocycles. The fourth-order valence-electron chi connectivity index (χ4n) is 3.09. The Labute approximate surface area is 146 Å². The molecule has 0 aliphatic rings. The molecule has 3 aromatic rings. The molecular formula is C20H22FN3O. The SMILES string of the molecule is CCNC(=O)c1cc(CC)c(-c2nc3cc(C)ccn3c2C)cc1F. The quantitative estimate of drug-likeness (QED) is 0.779. The molecular weight excluding hydrogens is 317 g/mol. The van der Waals surface area contributed by atoms with Gasteiger partial charge in [-0.2, -0.15) is 0 Å². The molecule has 0 aliphatic heterocycles. The van der Waals surface area contributed by atoms with Crippen molar-refractivity contribution in [2.75, 3.05) is 6.54 Å². The van der Waals surface area contributed by atoms with Crippen molar-refractivity contribution in [2.24, 2.45) is 0 Å². The van der Waals surface area contributed by atoms with E-state index in [-0.39, 0.29) is 11.5 Å². The number of imidazole rings is 1. The minimum absolute atomic E-state index is 0.0831. The summed E-state index contributed by atoms with van der Waals surface area (Å²) >= 11 is 0. The van der Waals surface area contributed by atoms with Crippen molar-refractivity contribution in [3.05, 3.63) is 58.7 Å². The van der Waals surface area contributed by atoms with Gasteiger partial charge in [0, 0.05) is 24.0 Å². The van der Waals surface area contributed by atoms with Gasteiger partial charge < -0.3 is 9.72 Å². The van der Waals surface area contributed by atoms with Crippen LogP contribution in [0.1, 0.15) is 41.0 Å². The number of hydrogen-bond donors (Lipinski definition) is 1. The molecule has 0 spiro atoms. The van der Waals surface area contributed by atoms with E-state index >= 15 is 0 Å². The second-order valence-corrected chi connectivity index (χ2v) is 6.18. The predicted molar refractivity (Wildman–Crippen MR) is 97.4 cm³/mol. The smallest absolute Gasteiger partial charge is 0.254 e. The number of nitrogens with one attached hydrogen (secondary N) is 1. The summed E-state index contributed by atoms with van der Waals surface area (Å²) in [6.07, 6.45) is 2.66. The summed E-state index contributed by atoms with van der Waals surface area (Å²) in [7, 11) is 0. The molecule has 2 heterocycles. The molecule has 25 heavy (non-hydrogen) atoms. The topological polar surface area (TPSA) is 46.4 Å². The Morgan fingerprint density at radius 3 is 2.68 bits per heavy atom. The monoisotopic (exact) mass is 339 g/mol. The van der Waals surface area contributed by atoms with Crippen LogP contribution in [0.2, 0.25) is 0 Å². The molecule has 0 radical (unpaired) electrons. The van der Waals surface area contributed by atoms with Crippen LogP contribution >= 0.6 is 0 Å². The molecule has 0 aliphatic carbocycles. The van der Waals surface area contributed by atoms with Crippen molar-refractivity contribution in [3.8, 4) is 11.3 Å². The zero-order chi connectivity index (χ0) is 18.1. The highest BCUT2D eigenvalue weighted by Crippen LogP contribution is 2.30. The standard InChI is InChI=1S/C20H22FN3O/c1-5-14-10-16(20(25)22-6-2)17(21)11-15(14)19-13(4)24-8-7-12(3)9-18(24)23-19/h7-11H,5-6H2,1-4H3,(H,22,25). The average Bonchev–Trinajstić information content (AvgIpc) is 2.90. The molecule has 0 fully saturated rings. The van der Waals surface area contributed by atoms with Crippen LogP contribution in [0.15, 0.2) is 30.5 Å². The first kappa shape index (κ1) is 17.1. The first-order chi connectivity index (χ1) is 12.0. The van der Waals surface area contributed by atoms with Gasteiger partial charge in [0.05, 0.1) is 11.3 Å². The van der Waals surface area contributed by atoms with Crippen molar-refractivity contribution in [3.63, 3.8) is 0 Å². The Morgan fingerprint density at radius 1 is 1.24 bits per heavy atom. The van der Waals surface area contributed by atoms with Gasteiger partial charge in [-0.15, -0.1) is 0 Å². The number of nitrogens with zero attached hydrogens (tertiary/aromatic N) is 2. The van der Waals surface area contributed by atoms with Gasteiger partial charge in [0.1, 0.15) is 11.5 Å². The zero-order valence-electron chi connectivity index (χ0n) is 15.0. The maximum Gasteiger partial charge on any atom is 0.254 e. The number of benzene rings is 1. The Bertz CT molecular complexity index is 959. The van der Waals surface area contributed by atoms with Gasteiger partial charge in [-0.05, 0) is 62.6 Å². The summed E-state index contributed by atoms with van der Waals surface area (Å²) in [6.45, 7) is 8.26. The lowest BCUT2D eigenvalue weighted by molar-refractivity contribution is 0.0951. The van der Waals surface area contributed by atoms with E-state index in [0.717, 1.165) is 33.7 Å². The fourth-order valence-corrected chi connectivity index (χ4v) is 3.09. The van der Waals surface area contributed by atoms with Crippen molar-refractivity contribution >= 4 is 11.6 Å². The van der Waals surface area contributed by atoms with Crippen LogP contribution in [-0.2, 0) is 6.42 Å². The molecule has 1 N–H and O–H groups in total. The van der Waals surface area contributed by atoms with Crippen molar-refractivity contribution in [1.82, 2.24) is 14.7 Å². The average molecular weight is 339 g/mol. The Morgan fingerprint density at radius 2 is 2.00 bits per heavy atom.